The fourth-order valence-corrected chi connectivity index (χ4v) is 4.18. The molecule has 2 aliphatic heterocycles. The van der Waals surface area contributed by atoms with Crippen molar-refractivity contribution in [3.8, 4) is 11.5 Å². The van der Waals surface area contributed by atoms with Crippen molar-refractivity contribution < 1.29 is 27.4 Å². The fraction of sp³-hybridized carbons (Fsp3) is 0.435. The normalized spacial score (nSPS) is 17.0. The third-order valence-corrected chi connectivity index (χ3v) is 5.73. The first-order valence-corrected chi connectivity index (χ1v) is 10.4. The van der Waals surface area contributed by atoms with Gasteiger partial charge in [0, 0.05) is 18.7 Å². The first-order chi connectivity index (χ1) is 14.8. The molecule has 2 heterocycles. The third-order valence-electron chi connectivity index (χ3n) is 5.73. The molecule has 1 fully saturated rings. The summed E-state index contributed by atoms with van der Waals surface area (Å²) in [4.78, 5) is 14.6. The molecule has 8 heteroatoms. The predicted octanol–water partition coefficient (Wildman–Crippen LogP) is 4.43. The first-order valence-electron chi connectivity index (χ1n) is 10.4. The molecule has 1 saturated heterocycles. The van der Waals surface area contributed by atoms with Crippen LogP contribution in [0.25, 0.3) is 0 Å². The van der Waals surface area contributed by atoms with Crippen LogP contribution in [0.5, 0.6) is 11.5 Å². The van der Waals surface area contributed by atoms with Crippen molar-refractivity contribution in [1.82, 2.24) is 10.2 Å². The van der Waals surface area contributed by atoms with Crippen LogP contribution in [0.15, 0.2) is 36.4 Å². The molecule has 0 radical (unpaired) electrons. The van der Waals surface area contributed by atoms with Gasteiger partial charge in [-0.25, -0.2) is 0 Å². The van der Waals surface area contributed by atoms with Gasteiger partial charge in [0.05, 0.1) is 6.61 Å². The topological polar surface area (TPSA) is 50.8 Å². The van der Waals surface area contributed by atoms with Gasteiger partial charge in [-0.1, -0.05) is 12.1 Å². The highest BCUT2D eigenvalue weighted by molar-refractivity contribution is 6.00. The van der Waals surface area contributed by atoms with Crippen molar-refractivity contribution in [3.05, 3.63) is 58.7 Å². The largest absolute Gasteiger partial charge is 0.573 e. The lowest BCUT2D eigenvalue weighted by atomic mass is 9.99. The van der Waals surface area contributed by atoms with Crippen molar-refractivity contribution in [2.45, 2.75) is 39.2 Å². The van der Waals surface area contributed by atoms with E-state index in [1.54, 1.807) is 4.90 Å². The monoisotopic (exact) mass is 434 g/mol. The van der Waals surface area contributed by atoms with Gasteiger partial charge in [-0.05, 0) is 79.7 Å². The highest BCUT2D eigenvalue weighted by Crippen LogP contribution is 2.32. The number of carbonyl (C=O) groups is 1. The number of hydrogen-bond donors (Lipinski definition) is 1. The van der Waals surface area contributed by atoms with E-state index in [9.17, 15) is 18.0 Å². The van der Waals surface area contributed by atoms with E-state index in [2.05, 4.69) is 10.1 Å². The van der Waals surface area contributed by atoms with Gasteiger partial charge < -0.3 is 19.7 Å². The molecule has 1 N–H and O–H groups in total. The Bertz CT molecular complexity index is 938. The Morgan fingerprint density at radius 2 is 1.81 bits per heavy atom. The van der Waals surface area contributed by atoms with E-state index in [1.165, 1.54) is 24.3 Å². The van der Waals surface area contributed by atoms with Crippen molar-refractivity contribution in [2.24, 2.45) is 5.92 Å². The van der Waals surface area contributed by atoms with Gasteiger partial charge in [0.1, 0.15) is 11.5 Å². The van der Waals surface area contributed by atoms with E-state index < -0.39 is 6.36 Å². The van der Waals surface area contributed by atoms with E-state index in [0.717, 1.165) is 48.4 Å². The summed E-state index contributed by atoms with van der Waals surface area (Å²) in [6, 6.07) is 9.44. The van der Waals surface area contributed by atoms with Crippen molar-refractivity contribution in [1.29, 1.82) is 0 Å². The second-order valence-electron chi connectivity index (χ2n) is 8.13. The maximum absolute atomic E-state index is 12.9. The molecule has 0 spiro atoms. The summed E-state index contributed by atoms with van der Waals surface area (Å²) >= 11 is 0. The molecule has 31 heavy (non-hydrogen) atoms. The molecule has 1 amide bonds. The summed E-state index contributed by atoms with van der Waals surface area (Å²) in [6.45, 7) is 5.36. The van der Waals surface area contributed by atoms with Crippen molar-refractivity contribution >= 4 is 5.91 Å². The lowest BCUT2D eigenvalue weighted by molar-refractivity contribution is -0.274. The Morgan fingerprint density at radius 3 is 2.48 bits per heavy atom. The number of nitrogens with zero attached hydrogens (tertiary/aromatic N) is 1. The molecule has 2 aromatic rings. The second kappa shape index (κ2) is 8.78. The summed E-state index contributed by atoms with van der Waals surface area (Å²) in [5, 5.41) is 3.34. The van der Waals surface area contributed by atoms with Crippen LogP contribution in [0, 0.1) is 12.8 Å². The van der Waals surface area contributed by atoms with Crippen LogP contribution in [-0.2, 0) is 13.1 Å². The lowest BCUT2D eigenvalue weighted by Gasteiger charge is -2.22. The van der Waals surface area contributed by atoms with Crippen LogP contribution in [0.4, 0.5) is 13.2 Å². The number of nitrogens with one attached hydrogen (secondary N) is 1. The zero-order valence-corrected chi connectivity index (χ0v) is 17.3. The SMILES string of the molecule is Cc1cc(OCC2CCNCC2)cc2c1C(=O)N(Cc1ccc(OC(F)(F)F)cc1)C2. The number of halogens is 3. The molecule has 0 bridgehead atoms. The van der Waals surface area contributed by atoms with Crippen LogP contribution in [0.1, 0.15) is 39.9 Å². The molecule has 0 saturated carbocycles. The smallest absolute Gasteiger partial charge is 0.493 e. The predicted molar refractivity (Wildman–Crippen MR) is 109 cm³/mol. The van der Waals surface area contributed by atoms with E-state index in [-0.39, 0.29) is 11.7 Å². The number of rotatable bonds is 6. The molecule has 0 atom stereocenters. The molecular formula is C23H25F3N2O3. The molecular weight excluding hydrogens is 409 g/mol. The minimum absolute atomic E-state index is 0.0759. The van der Waals surface area contributed by atoms with E-state index in [4.69, 9.17) is 4.74 Å². The molecule has 0 aliphatic carbocycles. The zero-order valence-electron chi connectivity index (χ0n) is 17.3. The number of aryl methyl sites for hydroxylation is 1. The van der Waals surface area contributed by atoms with Crippen LogP contribution in [0.2, 0.25) is 0 Å². The number of carbonyl (C=O) groups excluding carboxylic acids is 1. The van der Waals surface area contributed by atoms with Gasteiger partial charge >= 0.3 is 6.36 Å². The van der Waals surface area contributed by atoms with Crippen LogP contribution >= 0.6 is 0 Å². The maximum atomic E-state index is 12.9. The molecule has 0 unspecified atom stereocenters. The summed E-state index contributed by atoms with van der Waals surface area (Å²) < 4.78 is 46.9. The summed E-state index contributed by atoms with van der Waals surface area (Å²) in [5.74, 6) is 0.960. The maximum Gasteiger partial charge on any atom is 0.573 e. The summed E-state index contributed by atoms with van der Waals surface area (Å²) in [6.07, 6.45) is -2.52. The standard InChI is InChI=1S/C23H25F3N2O3/c1-15-10-20(30-14-17-6-8-27-9-7-17)11-18-13-28(22(29)21(15)18)12-16-2-4-19(5-3-16)31-23(24,25)26/h2-5,10-11,17,27H,6-9,12-14H2,1H3. The van der Waals surface area contributed by atoms with Crippen molar-refractivity contribution in [2.75, 3.05) is 19.7 Å². The molecule has 0 aromatic heterocycles. The lowest BCUT2D eigenvalue weighted by Crippen LogP contribution is -2.30. The van der Waals surface area contributed by atoms with E-state index in [0.29, 0.717) is 31.2 Å². The van der Waals surface area contributed by atoms with Crippen molar-refractivity contribution in [3.63, 3.8) is 0 Å². The van der Waals surface area contributed by atoms with E-state index >= 15 is 0 Å². The Kier molecular flexibility index (Phi) is 6.09. The van der Waals surface area contributed by atoms with Crippen LogP contribution < -0.4 is 14.8 Å². The number of benzene rings is 2. The number of piperidine rings is 1. The third kappa shape index (κ3) is 5.31. The quantitative estimate of drug-likeness (QED) is 0.731. The van der Waals surface area contributed by atoms with Gasteiger partial charge in [-0.3, -0.25) is 4.79 Å². The summed E-state index contributed by atoms with van der Waals surface area (Å²) in [5.41, 5.74) is 3.21. The minimum Gasteiger partial charge on any atom is -0.493 e. The average molecular weight is 434 g/mol. The highest BCUT2D eigenvalue weighted by atomic mass is 19.4. The number of ether oxygens (including phenoxy) is 2. The van der Waals surface area contributed by atoms with Gasteiger partial charge in [-0.15, -0.1) is 13.2 Å². The number of amides is 1. The molecule has 5 nitrogen and oxygen atoms in total. The van der Waals surface area contributed by atoms with Gasteiger partial charge in [0.25, 0.3) is 5.91 Å². The Labute approximate surface area is 179 Å². The molecule has 4 rings (SSSR count). The Morgan fingerprint density at radius 1 is 1.10 bits per heavy atom. The van der Waals surface area contributed by atoms with Gasteiger partial charge in [-0.2, -0.15) is 0 Å². The summed E-state index contributed by atoms with van der Waals surface area (Å²) in [7, 11) is 0. The van der Waals surface area contributed by atoms with Gasteiger partial charge in [0.2, 0.25) is 0 Å². The van der Waals surface area contributed by atoms with Gasteiger partial charge in [0.15, 0.2) is 0 Å². The average Bonchev–Trinajstić information content (AvgIpc) is 3.03. The number of fused-ring (bicyclic) bond motifs is 1. The molecule has 2 aromatic carbocycles. The van der Waals surface area contributed by atoms with E-state index in [1.807, 2.05) is 19.1 Å². The molecule has 166 valence electrons. The fourth-order valence-electron chi connectivity index (χ4n) is 4.18. The first kappa shape index (κ1) is 21.5. The van der Waals surface area contributed by atoms with Crippen LogP contribution in [-0.4, -0.2) is 36.9 Å². The number of alkyl halides is 3. The second-order valence-corrected chi connectivity index (χ2v) is 8.13. The molecule has 2 aliphatic rings. The number of hydrogen-bond acceptors (Lipinski definition) is 4. The Hall–Kier alpha value is -2.74. The zero-order chi connectivity index (χ0) is 22.0. The minimum atomic E-state index is -4.72. The van der Waals surface area contributed by atoms with Crippen LogP contribution in [0.3, 0.4) is 0 Å². The highest BCUT2D eigenvalue weighted by Gasteiger charge is 2.32. The Balaban J connectivity index is 1.40.